The lowest BCUT2D eigenvalue weighted by atomic mass is 10.0. The maximum absolute atomic E-state index is 12.8. The lowest BCUT2D eigenvalue weighted by molar-refractivity contribution is -0.870. The average molecular weight is 1020 g/mol. The topological polar surface area (TPSA) is 108 Å². The molecule has 2 unspecified atom stereocenters. The zero-order chi connectivity index (χ0) is 53.4. The van der Waals surface area contributed by atoms with Gasteiger partial charge in [-0.15, -0.1) is 0 Å². The minimum Gasteiger partial charge on any atom is -0.477 e. The van der Waals surface area contributed by atoms with E-state index in [1.807, 2.05) is 33.3 Å². The molecule has 0 bridgehead atoms. The smallest absolute Gasteiger partial charge is 0.361 e. The van der Waals surface area contributed by atoms with E-state index < -0.39 is 24.3 Å². The first-order valence-corrected chi connectivity index (χ1v) is 29.4. The van der Waals surface area contributed by atoms with Crippen LogP contribution in [0.3, 0.4) is 0 Å². The normalized spacial score (nSPS) is 13.5. The molecular weight excluding hydrogens is 911 g/mol. The molecule has 418 valence electrons. The molecule has 0 radical (unpaired) electrons. The summed E-state index contributed by atoms with van der Waals surface area (Å²) in [4.78, 5) is 37.3. The molecule has 9 heteroatoms. The summed E-state index contributed by atoms with van der Waals surface area (Å²) < 4.78 is 22.7. The summed E-state index contributed by atoms with van der Waals surface area (Å²) in [6.07, 6.45) is 71.1. The summed E-state index contributed by atoms with van der Waals surface area (Å²) in [6.45, 7) is 4.63. The summed E-state index contributed by atoms with van der Waals surface area (Å²) in [5.41, 5.74) is 0. The Bertz CT molecular complexity index is 1520. The highest BCUT2D eigenvalue weighted by Crippen LogP contribution is 2.16. The van der Waals surface area contributed by atoms with Crippen LogP contribution in [0.4, 0.5) is 0 Å². The van der Waals surface area contributed by atoms with Crippen molar-refractivity contribution in [2.24, 2.45) is 0 Å². The van der Waals surface area contributed by atoms with E-state index >= 15 is 0 Å². The summed E-state index contributed by atoms with van der Waals surface area (Å²) >= 11 is 0. The molecule has 2 atom stereocenters. The summed E-state index contributed by atoms with van der Waals surface area (Å²) in [5, 5.41) is 9.68. The van der Waals surface area contributed by atoms with Crippen molar-refractivity contribution in [3.05, 3.63) is 97.2 Å². The van der Waals surface area contributed by atoms with Crippen molar-refractivity contribution in [2.45, 2.75) is 245 Å². The molecule has 0 amide bonds. The molecule has 1 N–H and O–H groups in total. The van der Waals surface area contributed by atoms with Crippen LogP contribution in [0.25, 0.3) is 0 Å². The van der Waals surface area contributed by atoms with E-state index in [1.165, 1.54) is 141 Å². The highest BCUT2D eigenvalue weighted by Gasteiger charge is 2.25. The van der Waals surface area contributed by atoms with Crippen molar-refractivity contribution in [2.75, 3.05) is 47.5 Å². The highest BCUT2D eigenvalue weighted by atomic mass is 16.7. The quantitative estimate of drug-likeness (QED) is 0.0211. The molecule has 0 fully saturated rings. The second-order valence-electron chi connectivity index (χ2n) is 20.6. The largest absolute Gasteiger partial charge is 0.477 e. The first-order valence-electron chi connectivity index (χ1n) is 29.4. The van der Waals surface area contributed by atoms with Gasteiger partial charge >= 0.3 is 17.9 Å². The maximum atomic E-state index is 12.8. The summed E-state index contributed by atoms with van der Waals surface area (Å²) in [6, 6.07) is 0. The molecule has 0 aromatic heterocycles. The molecule has 0 saturated heterocycles. The zero-order valence-electron chi connectivity index (χ0n) is 47.5. The van der Waals surface area contributed by atoms with Crippen molar-refractivity contribution >= 4 is 17.9 Å². The molecule has 0 aromatic rings. The number of rotatable bonds is 53. The molecule has 0 aromatic carbocycles. The molecular formula is C64H110NO8+. The van der Waals surface area contributed by atoms with Gasteiger partial charge in [-0.1, -0.05) is 239 Å². The van der Waals surface area contributed by atoms with Crippen molar-refractivity contribution < 1.29 is 42.9 Å². The third-order valence-corrected chi connectivity index (χ3v) is 12.4. The van der Waals surface area contributed by atoms with Gasteiger partial charge in [-0.3, -0.25) is 9.59 Å². The number of quaternary nitrogens is 1. The number of hydrogen-bond acceptors (Lipinski definition) is 7. The molecule has 0 heterocycles. The van der Waals surface area contributed by atoms with Crippen molar-refractivity contribution in [3.63, 3.8) is 0 Å². The van der Waals surface area contributed by atoms with Crippen LogP contribution in [0.1, 0.15) is 232 Å². The number of carboxylic acids is 1. The Balaban J connectivity index is 4.15. The van der Waals surface area contributed by atoms with Gasteiger partial charge in [0.15, 0.2) is 6.10 Å². The fourth-order valence-corrected chi connectivity index (χ4v) is 7.86. The minimum atomic E-state index is -1.54. The molecule has 73 heavy (non-hydrogen) atoms. The van der Waals surface area contributed by atoms with Gasteiger partial charge in [-0.25, -0.2) is 4.79 Å². The fourth-order valence-electron chi connectivity index (χ4n) is 7.86. The number of carboxylic acid groups (broad SMARTS) is 1. The van der Waals surface area contributed by atoms with Gasteiger partial charge in [0.2, 0.25) is 0 Å². The van der Waals surface area contributed by atoms with E-state index in [9.17, 15) is 19.5 Å². The van der Waals surface area contributed by atoms with Crippen LogP contribution in [0.15, 0.2) is 97.2 Å². The lowest BCUT2D eigenvalue weighted by Gasteiger charge is -2.25. The number of hydrogen-bond donors (Lipinski definition) is 1. The predicted molar refractivity (Wildman–Crippen MR) is 309 cm³/mol. The Morgan fingerprint density at radius 1 is 0.438 bits per heavy atom. The number of allylic oxidation sites excluding steroid dienone is 15. The Labute approximate surface area is 448 Å². The van der Waals surface area contributed by atoms with Gasteiger partial charge in [-0.05, 0) is 77.0 Å². The maximum Gasteiger partial charge on any atom is 0.361 e. The Hall–Kier alpha value is -3.79. The second kappa shape index (κ2) is 54.5. The van der Waals surface area contributed by atoms with Crippen LogP contribution >= 0.6 is 0 Å². The average Bonchev–Trinajstić information content (AvgIpc) is 3.36. The number of ether oxygens (including phenoxy) is 4. The Morgan fingerprint density at radius 3 is 1.23 bits per heavy atom. The van der Waals surface area contributed by atoms with Gasteiger partial charge in [0.25, 0.3) is 6.29 Å². The molecule has 9 nitrogen and oxygen atoms in total. The SMILES string of the molecule is CC/C=C\C/C=C\C/C=C\C/C=C\C/C=C\CC(=O)OC(COC(=O)CCCCCCCCCCCCCCCCCCCC/C=C\C/C=C\C/C=C\CCCCCCC)COC(OCC[N+](C)(C)C)C(=O)O. The van der Waals surface area contributed by atoms with Crippen LogP contribution in [0.5, 0.6) is 0 Å². The monoisotopic (exact) mass is 1020 g/mol. The van der Waals surface area contributed by atoms with E-state index in [2.05, 4.69) is 92.8 Å². The number of unbranched alkanes of at least 4 members (excludes halogenated alkanes) is 23. The Kier molecular flexibility index (Phi) is 51.6. The summed E-state index contributed by atoms with van der Waals surface area (Å²) in [5.74, 6) is -2.17. The van der Waals surface area contributed by atoms with E-state index in [4.69, 9.17) is 18.9 Å². The van der Waals surface area contributed by atoms with Crippen molar-refractivity contribution in [3.8, 4) is 0 Å². The van der Waals surface area contributed by atoms with E-state index in [0.29, 0.717) is 17.4 Å². The van der Waals surface area contributed by atoms with Crippen LogP contribution in [-0.2, 0) is 33.3 Å². The Morgan fingerprint density at radius 2 is 0.822 bits per heavy atom. The third kappa shape index (κ3) is 55.8. The first kappa shape index (κ1) is 69.2. The lowest BCUT2D eigenvalue weighted by Crippen LogP contribution is -2.40. The number of esters is 2. The molecule has 0 rings (SSSR count). The van der Waals surface area contributed by atoms with E-state index in [-0.39, 0.29) is 38.6 Å². The van der Waals surface area contributed by atoms with Crippen LogP contribution in [0, 0.1) is 0 Å². The number of nitrogens with zero attached hydrogens (tertiary/aromatic N) is 1. The number of likely N-dealkylation sites (N-methyl/N-ethyl adjacent to an activating group) is 1. The number of carbonyl (C=O) groups excluding carboxylic acids is 2. The first-order chi connectivity index (χ1) is 35.6. The van der Waals surface area contributed by atoms with Gasteiger partial charge in [0, 0.05) is 6.42 Å². The molecule has 0 aliphatic carbocycles. The minimum absolute atomic E-state index is 0.0247. The predicted octanol–water partition coefficient (Wildman–Crippen LogP) is 17.3. The van der Waals surface area contributed by atoms with Crippen molar-refractivity contribution in [1.29, 1.82) is 0 Å². The second-order valence-corrected chi connectivity index (χ2v) is 20.6. The van der Waals surface area contributed by atoms with Gasteiger partial charge < -0.3 is 28.5 Å². The number of aliphatic carboxylic acids is 1. The van der Waals surface area contributed by atoms with Gasteiger partial charge in [0.05, 0.1) is 40.8 Å². The van der Waals surface area contributed by atoms with E-state index in [1.54, 1.807) is 6.08 Å². The highest BCUT2D eigenvalue weighted by molar-refractivity contribution is 5.72. The van der Waals surface area contributed by atoms with E-state index in [0.717, 1.165) is 57.8 Å². The summed E-state index contributed by atoms with van der Waals surface area (Å²) in [7, 11) is 5.93. The van der Waals surface area contributed by atoms with Crippen molar-refractivity contribution in [1.82, 2.24) is 0 Å². The third-order valence-electron chi connectivity index (χ3n) is 12.4. The fraction of sp³-hybridized carbons (Fsp3) is 0.703. The van der Waals surface area contributed by atoms with Gasteiger partial charge in [-0.2, -0.15) is 0 Å². The zero-order valence-corrected chi connectivity index (χ0v) is 47.5. The molecule has 0 aliphatic rings. The molecule has 0 spiro atoms. The van der Waals surface area contributed by atoms with Crippen LogP contribution in [0.2, 0.25) is 0 Å². The number of carbonyl (C=O) groups is 3. The molecule has 0 saturated carbocycles. The molecule has 0 aliphatic heterocycles. The van der Waals surface area contributed by atoms with Gasteiger partial charge in [0.1, 0.15) is 13.2 Å². The van der Waals surface area contributed by atoms with Crippen LogP contribution in [-0.4, -0.2) is 87.4 Å². The van der Waals surface area contributed by atoms with Crippen LogP contribution < -0.4 is 0 Å². The standard InChI is InChI=1S/C64H109NO8/c1-6-8-10-12-14-16-18-20-22-23-24-25-26-27-28-29-30-31-32-33-34-35-36-37-38-39-41-42-44-46-48-50-52-54-61(66)71-58-60(59-72-64(63(68)69)70-57-56-65(3,4)5)73-62(67)55-53-51-49-47-45-43-40-21-19-17-15-13-11-9-7-2/h9,11,15,17-18,20-21,23-24,26-27,40,45,47,51,53,60,64H,6-8,10,12-14,16,19,22,25,28-39,41-44,46,48-50,52,54-59H2,1-5H3/p+1/b11-9-,17-15-,20-18-,24-23-,27-26-,40-21-,47-45-,53-51-.